The Morgan fingerprint density at radius 2 is 1.08 bits per heavy atom. The molecule has 4 aromatic carbocycles. The fraction of sp³-hybridized carbons (Fsp3) is 0.328. The number of aryl methyl sites for hydroxylation is 4. The number of hydrogen-bond donors (Lipinski definition) is 1. The Balaban J connectivity index is 0.000000187. The fourth-order valence-electron chi connectivity index (χ4n) is 10.8. The van der Waals surface area contributed by atoms with Gasteiger partial charge >= 0.3 is 11.4 Å². The number of benzene rings is 4. The highest BCUT2D eigenvalue weighted by Gasteiger charge is 2.31. The molecule has 392 valence electrons. The lowest BCUT2D eigenvalue weighted by Crippen LogP contribution is -2.54. The second-order valence-electron chi connectivity index (χ2n) is 20.7. The van der Waals surface area contributed by atoms with E-state index in [2.05, 4.69) is 66.3 Å². The van der Waals surface area contributed by atoms with Crippen LogP contribution in [0.15, 0.2) is 119 Å². The average molecular weight is 1030 g/mol. The van der Waals surface area contributed by atoms with Crippen LogP contribution in [0.1, 0.15) is 86.8 Å². The molecule has 13 nitrogen and oxygen atoms in total. The van der Waals surface area contributed by atoms with E-state index in [1.807, 2.05) is 83.1 Å². The molecule has 2 fully saturated rings. The van der Waals surface area contributed by atoms with Gasteiger partial charge in [0.25, 0.3) is 0 Å². The van der Waals surface area contributed by atoms with Gasteiger partial charge in [0.05, 0.1) is 33.5 Å². The van der Waals surface area contributed by atoms with Crippen molar-refractivity contribution in [2.45, 2.75) is 93.2 Å². The smallest absolute Gasteiger partial charge is 0.351 e. The molecule has 2 atom stereocenters. The number of carbonyl (C=O) groups is 1. The molecule has 0 unspecified atom stereocenters. The summed E-state index contributed by atoms with van der Waals surface area (Å²) in [6.07, 6.45) is 1.32. The highest BCUT2D eigenvalue weighted by Crippen LogP contribution is 2.37. The summed E-state index contributed by atoms with van der Waals surface area (Å²) in [7, 11) is 0. The fourth-order valence-corrected chi connectivity index (χ4v) is 10.8. The quantitative estimate of drug-likeness (QED) is 0.139. The molecule has 0 aliphatic carbocycles. The lowest BCUT2D eigenvalue weighted by Gasteiger charge is -2.40. The number of aromatic nitrogens is 6. The molecule has 6 heterocycles. The molecule has 1 amide bonds. The van der Waals surface area contributed by atoms with Crippen LogP contribution in [0.5, 0.6) is 0 Å². The van der Waals surface area contributed by atoms with Gasteiger partial charge in [0.15, 0.2) is 11.3 Å². The summed E-state index contributed by atoms with van der Waals surface area (Å²) in [4.78, 5) is 65.4. The maximum atomic E-state index is 15.0. The first kappa shape index (κ1) is 52.9. The number of rotatable bonds is 9. The van der Waals surface area contributed by atoms with Gasteiger partial charge in [0.1, 0.15) is 23.3 Å². The van der Waals surface area contributed by atoms with Gasteiger partial charge in [-0.1, -0.05) is 94.9 Å². The number of anilines is 2. The van der Waals surface area contributed by atoms with E-state index in [1.54, 1.807) is 50.4 Å². The van der Waals surface area contributed by atoms with Crippen LogP contribution >= 0.6 is 0 Å². The van der Waals surface area contributed by atoms with E-state index >= 15 is 0 Å². The third-order valence-electron chi connectivity index (χ3n) is 14.7. The van der Waals surface area contributed by atoms with Crippen molar-refractivity contribution in [2.75, 3.05) is 49.1 Å². The normalized spacial score (nSPS) is 15.9. The molecule has 8 aromatic rings. The van der Waals surface area contributed by atoms with Crippen LogP contribution in [0.3, 0.4) is 0 Å². The number of pyridine rings is 2. The van der Waals surface area contributed by atoms with E-state index in [-0.39, 0.29) is 47.2 Å². The van der Waals surface area contributed by atoms with Gasteiger partial charge in [0.2, 0.25) is 5.91 Å². The highest BCUT2D eigenvalue weighted by atomic mass is 19.1. The minimum atomic E-state index is -0.452. The van der Waals surface area contributed by atoms with Gasteiger partial charge in [-0.05, 0) is 129 Å². The number of carbonyl (C=O) groups excluding carboxylic acids is 1. The van der Waals surface area contributed by atoms with Crippen molar-refractivity contribution in [1.82, 2.24) is 39.3 Å². The maximum Gasteiger partial charge on any atom is 0.355 e. The Morgan fingerprint density at radius 1 is 0.618 bits per heavy atom. The first-order chi connectivity index (χ1) is 36.4. The van der Waals surface area contributed by atoms with Gasteiger partial charge in [-0.2, -0.15) is 9.97 Å². The zero-order chi connectivity index (χ0) is 54.3. The maximum absolute atomic E-state index is 15.0. The van der Waals surface area contributed by atoms with Crippen LogP contribution in [-0.4, -0.2) is 91.2 Å². The van der Waals surface area contributed by atoms with Crippen LogP contribution in [0, 0.1) is 39.3 Å². The van der Waals surface area contributed by atoms with Crippen molar-refractivity contribution >= 4 is 39.6 Å². The second kappa shape index (κ2) is 21.7. The Bertz CT molecular complexity index is 3680. The molecule has 0 spiro atoms. The number of amides is 1. The number of piperazine rings is 2. The summed E-state index contributed by atoms with van der Waals surface area (Å²) >= 11 is 0. The molecule has 15 heteroatoms. The second-order valence-corrected chi connectivity index (χ2v) is 20.7. The Morgan fingerprint density at radius 3 is 1.50 bits per heavy atom. The van der Waals surface area contributed by atoms with E-state index in [0.717, 1.165) is 69.8 Å². The van der Waals surface area contributed by atoms with Crippen LogP contribution in [0.2, 0.25) is 0 Å². The Labute approximate surface area is 442 Å². The molecular formula is C61H66F2N10O3. The number of para-hydroxylation sites is 2. The lowest BCUT2D eigenvalue weighted by atomic mass is 9.97. The van der Waals surface area contributed by atoms with Crippen molar-refractivity contribution in [3.63, 3.8) is 0 Å². The first-order valence-corrected chi connectivity index (χ1v) is 26.1. The molecule has 4 aromatic heterocycles. The summed E-state index contributed by atoms with van der Waals surface area (Å²) in [5, 5.41) is 4.89. The molecular weight excluding hydrogens is 959 g/mol. The Kier molecular flexibility index (Phi) is 15.1. The summed E-state index contributed by atoms with van der Waals surface area (Å²) in [5.74, 6) is 0.642. The number of nitrogens with zero attached hydrogens (tertiary/aromatic N) is 9. The highest BCUT2D eigenvalue weighted by molar-refractivity contribution is 5.93. The summed E-state index contributed by atoms with van der Waals surface area (Å²) in [5.41, 5.74) is 8.95. The number of fused-ring (bicyclic) bond motifs is 2. The Hall–Kier alpha value is -7.91. The van der Waals surface area contributed by atoms with Gasteiger partial charge in [-0.25, -0.2) is 37.5 Å². The lowest BCUT2D eigenvalue weighted by molar-refractivity contribution is -0.126. The predicted octanol–water partition coefficient (Wildman–Crippen LogP) is 10.7. The molecule has 1 N–H and O–H groups in total. The molecule has 0 saturated carbocycles. The van der Waals surface area contributed by atoms with Crippen molar-refractivity contribution in [2.24, 2.45) is 0 Å². The van der Waals surface area contributed by atoms with Gasteiger partial charge < -0.3 is 20.0 Å². The molecule has 0 bridgehead atoms. The van der Waals surface area contributed by atoms with Crippen molar-refractivity contribution < 1.29 is 13.6 Å². The molecule has 2 aliphatic rings. The van der Waals surface area contributed by atoms with Gasteiger partial charge in [-0.3, -0.25) is 4.79 Å². The third-order valence-corrected chi connectivity index (χ3v) is 14.7. The number of hydrogen-bond acceptors (Lipinski definition) is 10. The third kappa shape index (κ3) is 9.91. The summed E-state index contributed by atoms with van der Waals surface area (Å²) in [6, 6.07) is 29.2. The standard InChI is InChI=1S/C32H34FN5O2.C29H32FN5O/c1-7-27(39)36-15-16-37(22(6)18-36)30-25-17-21(5)28(24-12-8-9-14-26(24)33)34-31(25)38(32(40)35-30)29-20(4)11-10-13-23(29)19(2)3;1-17(2)21-11-8-9-18(3)26(21)35-28-23(27(33-29(35)36)34-14-13-31-16-20(34)5)15-19(4)25(32-28)22-10-6-7-12-24(22)30/h7-14,17,19,22H,1,15-16,18H2,2-6H3;6-12,15,17,20,31H,13-14,16H2,1-5H3/t22-;20-/m00/s1. The molecule has 76 heavy (non-hydrogen) atoms. The van der Waals surface area contributed by atoms with Crippen molar-refractivity contribution in [3.05, 3.63) is 176 Å². The van der Waals surface area contributed by atoms with Crippen LogP contribution in [0.25, 0.3) is 56.0 Å². The summed E-state index contributed by atoms with van der Waals surface area (Å²) in [6.45, 7) is 27.7. The average Bonchev–Trinajstić information content (AvgIpc) is 3.51. The van der Waals surface area contributed by atoms with E-state index in [0.29, 0.717) is 70.5 Å². The van der Waals surface area contributed by atoms with Crippen LogP contribution in [0.4, 0.5) is 20.4 Å². The number of nitrogens with one attached hydrogen (secondary N) is 1. The minimum absolute atomic E-state index is 0.0974. The number of halogens is 2. The predicted molar refractivity (Wildman–Crippen MR) is 301 cm³/mol. The molecule has 0 radical (unpaired) electrons. The van der Waals surface area contributed by atoms with E-state index in [4.69, 9.17) is 9.97 Å². The molecule has 2 aliphatic heterocycles. The molecule has 10 rings (SSSR count). The van der Waals surface area contributed by atoms with Crippen LogP contribution < -0.4 is 26.5 Å². The van der Waals surface area contributed by atoms with E-state index in [1.165, 1.54) is 18.2 Å². The topological polar surface area (TPSA) is 134 Å². The zero-order valence-electron chi connectivity index (χ0n) is 45.1. The SMILES string of the molecule is C=CC(=O)N1CCN(c2nc(=O)n(-c3c(C)cccc3C(C)C)c3nc(-c4ccccc4F)c(C)cc23)[C@@H](C)C1.Cc1cc2c(N3CCNC[C@@H]3C)nc(=O)n(-c3c(C)cccc3C(C)C)c2nc1-c1ccccc1F. The van der Waals surface area contributed by atoms with Gasteiger partial charge in [0, 0.05) is 62.5 Å². The summed E-state index contributed by atoms with van der Waals surface area (Å²) < 4.78 is 33.1. The first-order valence-electron chi connectivity index (χ1n) is 26.1. The largest absolute Gasteiger partial charge is 0.355 e. The molecule has 2 saturated heterocycles. The minimum Gasteiger partial charge on any atom is -0.351 e. The van der Waals surface area contributed by atoms with Crippen molar-refractivity contribution in [3.8, 4) is 33.9 Å². The zero-order valence-corrected chi connectivity index (χ0v) is 45.1. The van der Waals surface area contributed by atoms with Crippen LogP contribution in [-0.2, 0) is 4.79 Å². The van der Waals surface area contributed by atoms with E-state index < -0.39 is 5.69 Å². The van der Waals surface area contributed by atoms with Gasteiger partial charge in [-0.15, -0.1) is 0 Å². The van der Waals surface area contributed by atoms with Crippen molar-refractivity contribution in [1.29, 1.82) is 0 Å². The monoisotopic (exact) mass is 1020 g/mol. The van der Waals surface area contributed by atoms with E-state index in [9.17, 15) is 23.2 Å².